The van der Waals surface area contributed by atoms with Crippen LogP contribution in [0.2, 0.25) is 0 Å². The molecule has 94 valence electrons. The minimum atomic E-state index is -0.540. The Kier molecular flexibility index (Phi) is 3.66. The molecule has 0 heterocycles. The molecule has 1 aliphatic carbocycles. The highest BCUT2D eigenvalue weighted by Gasteiger charge is 2.40. The molecule has 0 bridgehead atoms. The van der Waals surface area contributed by atoms with Gasteiger partial charge in [-0.3, -0.25) is 4.79 Å². The van der Waals surface area contributed by atoms with Crippen molar-refractivity contribution in [2.45, 2.75) is 32.2 Å². The molecule has 0 radical (unpaired) electrons. The summed E-state index contributed by atoms with van der Waals surface area (Å²) in [6, 6.07) is 12.5. The minimum Gasteiger partial charge on any atom is -0.352 e. The van der Waals surface area contributed by atoms with Gasteiger partial charge in [0.1, 0.15) is 5.92 Å². The van der Waals surface area contributed by atoms with E-state index < -0.39 is 5.92 Å². The summed E-state index contributed by atoms with van der Waals surface area (Å²) in [4.78, 5) is 11.9. The first-order chi connectivity index (χ1) is 8.63. The van der Waals surface area contributed by atoms with Crippen molar-refractivity contribution in [3.05, 3.63) is 35.9 Å². The standard InChI is InChI=1S/C15H18N2O/c1-10(2)13(9-16)15(18)17-14-8-12(14)11-6-4-3-5-7-11/h3-7,10,12-14H,8H2,1-2H3,(H,17,18). The summed E-state index contributed by atoms with van der Waals surface area (Å²) in [5, 5.41) is 11.9. The Morgan fingerprint density at radius 1 is 1.39 bits per heavy atom. The van der Waals surface area contributed by atoms with Crippen molar-refractivity contribution < 1.29 is 4.79 Å². The highest BCUT2D eigenvalue weighted by molar-refractivity contribution is 5.82. The average molecular weight is 242 g/mol. The maximum atomic E-state index is 11.9. The van der Waals surface area contributed by atoms with E-state index in [4.69, 9.17) is 5.26 Å². The van der Waals surface area contributed by atoms with Crippen LogP contribution in [0, 0.1) is 23.2 Å². The van der Waals surface area contributed by atoms with Crippen molar-refractivity contribution in [1.82, 2.24) is 5.32 Å². The van der Waals surface area contributed by atoms with Gasteiger partial charge in [0.15, 0.2) is 0 Å². The molecule has 3 atom stereocenters. The summed E-state index contributed by atoms with van der Waals surface area (Å²) in [6.45, 7) is 3.80. The molecule has 1 aromatic rings. The fraction of sp³-hybridized carbons (Fsp3) is 0.467. The maximum absolute atomic E-state index is 11.9. The SMILES string of the molecule is CC(C)C(C#N)C(=O)NC1CC1c1ccccc1. The Balaban J connectivity index is 1.91. The number of nitrogens with one attached hydrogen (secondary N) is 1. The van der Waals surface area contributed by atoms with Crippen molar-refractivity contribution >= 4 is 5.91 Å². The quantitative estimate of drug-likeness (QED) is 0.881. The predicted molar refractivity (Wildman–Crippen MR) is 69.7 cm³/mol. The van der Waals surface area contributed by atoms with Gasteiger partial charge in [0.2, 0.25) is 5.91 Å². The van der Waals surface area contributed by atoms with E-state index in [1.165, 1.54) is 5.56 Å². The molecule has 1 aromatic carbocycles. The molecule has 3 nitrogen and oxygen atoms in total. The Labute approximate surface area is 108 Å². The van der Waals surface area contributed by atoms with Gasteiger partial charge in [0.25, 0.3) is 0 Å². The average Bonchev–Trinajstić information content (AvgIpc) is 3.10. The smallest absolute Gasteiger partial charge is 0.237 e. The molecular weight excluding hydrogens is 224 g/mol. The van der Waals surface area contributed by atoms with Gasteiger partial charge in [-0.1, -0.05) is 44.2 Å². The van der Waals surface area contributed by atoms with Crippen LogP contribution in [0.25, 0.3) is 0 Å². The largest absolute Gasteiger partial charge is 0.352 e. The molecule has 0 saturated heterocycles. The van der Waals surface area contributed by atoms with Crippen LogP contribution < -0.4 is 5.32 Å². The minimum absolute atomic E-state index is 0.0592. The molecule has 0 aromatic heterocycles. The van der Waals surface area contributed by atoms with Crippen LogP contribution in [0.3, 0.4) is 0 Å². The van der Waals surface area contributed by atoms with E-state index in [1.807, 2.05) is 32.0 Å². The van der Waals surface area contributed by atoms with E-state index in [0.717, 1.165) is 6.42 Å². The fourth-order valence-corrected chi connectivity index (χ4v) is 2.21. The first-order valence-corrected chi connectivity index (χ1v) is 6.38. The number of hydrogen-bond donors (Lipinski definition) is 1. The van der Waals surface area contributed by atoms with Gasteiger partial charge in [0, 0.05) is 12.0 Å². The Hall–Kier alpha value is -1.82. The molecule has 3 heteroatoms. The Morgan fingerprint density at radius 3 is 2.61 bits per heavy atom. The third kappa shape index (κ3) is 2.70. The summed E-state index contributed by atoms with van der Waals surface area (Å²) in [5.74, 6) is -0.191. The molecule has 1 saturated carbocycles. The van der Waals surface area contributed by atoms with E-state index in [2.05, 4.69) is 23.5 Å². The van der Waals surface area contributed by atoms with Gasteiger partial charge < -0.3 is 5.32 Å². The summed E-state index contributed by atoms with van der Waals surface area (Å²) in [7, 11) is 0. The van der Waals surface area contributed by atoms with Gasteiger partial charge in [0.05, 0.1) is 6.07 Å². The fourth-order valence-electron chi connectivity index (χ4n) is 2.21. The Morgan fingerprint density at radius 2 is 2.06 bits per heavy atom. The van der Waals surface area contributed by atoms with Crippen LogP contribution in [-0.4, -0.2) is 11.9 Å². The lowest BCUT2D eigenvalue weighted by molar-refractivity contribution is -0.124. The second-order valence-electron chi connectivity index (χ2n) is 5.22. The zero-order chi connectivity index (χ0) is 13.1. The number of amides is 1. The topological polar surface area (TPSA) is 52.9 Å². The zero-order valence-electron chi connectivity index (χ0n) is 10.8. The molecule has 2 rings (SSSR count). The van der Waals surface area contributed by atoms with Crippen molar-refractivity contribution in [3.8, 4) is 6.07 Å². The predicted octanol–water partition coefficient (Wildman–Crippen LogP) is 2.45. The van der Waals surface area contributed by atoms with Gasteiger partial charge in [-0.25, -0.2) is 0 Å². The van der Waals surface area contributed by atoms with Gasteiger partial charge in [-0.05, 0) is 17.9 Å². The molecule has 1 N–H and O–H groups in total. The van der Waals surface area contributed by atoms with Crippen molar-refractivity contribution in [2.24, 2.45) is 11.8 Å². The highest BCUT2D eigenvalue weighted by atomic mass is 16.2. The van der Waals surface area contributed by atoms with Crippen LogP contribution in [-0.2, 0) is 4.79 Å². The lowest BCUT2D eigenvalue weighted by atomic mass is 9.96. The van der Waals surface area contributed by atoms with E-state index in [0.29, 0.717) is 5.92 Å². The number of rotatable bonds is 4. The van der Waals surface area contributed by atoms with E-state index in [-0.39, 0.29) is 17.9 Å². The van der Waals surface area contributed by atoms with Crippen molar-refractivity contribution in [1.29, 1.82) is 5.26 Å². The number of nitriles is 1. The monoisotopic (exact) mass is 242 g/mol. The molecule has 18 heavy (non-hydrogen) atoms. The first-order valence-electron chi connectivity index (χ1n) is 6.38. The summed E-state index contributed by atoms with van der Waals surface area (Å²) >= 11 is 0. The van der Waals surface area contributed by atoms with E-state index in [1.54, 1.807) is 0 Å². The first kappa shape index (κ1) is 12.6. The van der Waals surface area contributed by atoms with E-state index >= 15 is 0 Å². The van der Waals surface area contributed by atoms with Gasteiger partial charge in [-0.2, -0.15) is 5.26 Å². The number of hydrogen-bond acceptors (Lipinski definition) is 2. The second kappa shape index (κ2) is 5.22. The zero-order valence-corrected chi connectivity index (χ0v) is 10.8. The summed E-state index contributed by atoms with van der Waals surface area (Å²) in [6.07, 6.45) is 0.978. The number of nitrogens with zero attached hydrogens (tertiary/aromatic N) is 1. The molecule has 0 spiro atoms. The highest BCUT2D eigenvalue weighted by Crippen LogP contribution is 2.40. The maximum Gasteiger partial charge on any atom is 0.237 e. The number of benzene rings is 1. The normalized spacial score (nSPS) is 23.2. The van der Waals surface area contributed by atoms with Crippen LogP contribution in [0.1, 0.15) is 31.7 Å². The molecular formula is C15H18N2O. The van der Waals surface area contributed by atoms with Crippen LogP contribution in [0.5, 0.6) is 0 Å². The molecule has 1 fully saturated rings. The third-order valence-corrected chi connectivity index (χ3v) is 3.43. The van der Waals surface area contributed by atoms with Crippen molar-refractivity contribution in [3.63, 3.8) is 0 Å². The molecule has 0 aliphatic heterocycles. The van der Waals surface area contributed by atoms with Crippen LogP contribution >= 0.6 is 0 Å². The van der Waals surface area contributed by atoms with Crippen molar-refractivity contribution in [2.75, 3.05) is 0 Å². The lowest BCUT2D eigenvalue weighted by Crippen LogP contribution is -2.34. The second-order valence-corrected chi connectivity index (χ2v) is 5.22. The number of carbonyl (C=O) groups excluding carboxylic acids is 1. The van der Waals surface area contributed by atoms with Crippen LogP contribution in [0.15, 0.2) is 30.3 Å². The Bertz CT molecular complexity index is 461. The lowest BCUT2D eigenvalue weighted by Gasteiger charge is -2.13. The van der Waals surface area contributed by atoms with E-state index in [9.17, 15) is 4.79 Å². The molecule has 1 aliphatic rings. The molecule has 3 unspecified atom stereocenters. The third-order valence-electron chi connectivity index (χ3n) is 3.43. The van der Waals surface area contributed by atoms with Crippen LogP contribution in [0.4, 0.5) is 0 Å². The van der Waals surface area contributed by atoms with Gasteiger partial charge >= 0.3 is 0 Å². The van der Waals surface area contributed by atoms with Gasteiger partial charge in [-0.15, -0.1) is 0 Å². The summed E-state index contributed by atoms with van der Waals surface area (Å²) in [5.41, 5.74) is 1.26. The molecule has 1 amide bonds. The summed E-state index contributed by atoms with van der Waals surface area (Å²) < 4.78 is 0. The number of carbonyl (C=O) groups is 1.